The molecular weight excluding hydrogens is 444 g/mol. The summed E-state index contributed by atoms with van der Waals surface area (Å²) in [4.78, 5) is 17.8. The van der Waals surface area contributed by atoms with Crippen molar-refractivity contribution in [3.63, 3.8) is 0 Å². The second-order valence-electron chi connectivity index (χ2n) is 7.85. The molecule has 0 amide bonds. The maximum Gasteiger partial charge on any atom is 0.344 e. The molecule has 1 N–H and O–H groups in total. The molecule has 1 aromatic heterocycles. The van der Waals surface area contributed by atoms with Gasteiger partial charge in [0.25, 0.3) is 0 Å². The second-order valence-corrected chi connectivity index (χ2v) is 8.88. The molecule has 170 valence electrons. The Labute approximate surface area is 202 Å². The summed E-state index contributed by atoms with van der Waals surface area (Å²) >= 11 is 1.27. The minimum absolute atomic E-state index is 0.102. The Kier molecular flexibility index (Phi) is 5.99. The van der Waals surface area contributed by atoms with E-state index < -0.39 is 5.97 Å². The highest BCUT2D eigenvalue weighted by atomic mass is 32.2. The van der Waals surface area contributed by atoms with E-state index in [2.05, 4.69) is 46.8 Å². The molecule has 0 saturated carbocycles. The van der Waals surface area contributed by atoms with Crippen LogP contribution in [-0.2, 0) is 16.1 Å². The van der Waals surface area contributed by atoms with Gasteiger partial charge in [-0.2, -0.15) is 0 Å². The summed E-state index contributed by atoms with van der Waals surface area (Å²) in [5.41, 5.74) is 4.11. The van der Waals surface area contributed by atoms with Crippen LogP contribution in [0.1, 0.15) is 19.4 Å². The van der Waals surface area contributed by atoms with Gasteiger partial charge < -0.3 is 14.4 Å². The number of aliphatic imine (C=N–C) groups is 1. The van der Waals surface area contributed by atoms with Crippen molar-refractivity contribution in [1.29, 1.82) is 0 Å². The monoisotopic (exact) mass is 468 g/mol. The van der Waals surface area contributed by atoms with Gasteiger partial charge in [-0.1, -0.05) is 54.2 Å². The summed E-state index contributed by atoms with van der Waals surface area (Å²) in [6, 6.07) is 24.0. The van der Waals surface area contributed by atoms with Crippen molar-refractivity contribution < 1.29 is 14.6 Å². The molecule has 0 aliphatic carbocycles. The minimum Gasteiger partial charge on any atom is -0.506 e. The number of esters is 1. The molecule has 2 heterocycles. The third kappa shape index (κ3) is 3.90. The van der Waals surface area contributed by atoms with Gasteiger partial charge in [-0.05, 0) is 55.8 Å². The maximum atomic E-state index is 12.6. The number of hydrogen-bond donors (Lipinski definition) is 1. The van der Waals surface area contributed by atoms with Gasteiger partial charge in [-0.15, -0.1) is 0 Å². The fourth-order valence-electron chi connectivity index (χ4n) is 4.26. The van der Waals surface area contributed by atoms with E-state index >= 15 is 0 Å². The predicted octanol–water partition coefficient (Wildman–Crippen LogP) is 7.01. The van der Waals surface area contributed by atoms with Crippen LogP contribution < -0.4 is 0 Å². The molecule has 0 atom stereocenters. The molecule has 0 radical (unpaired) electrons. The van der Waals surface area contributed by atoms with Crippen LogP contribution in [0, 0.1) is 0 Å². The quantitative estimate of drug-likeness (QED) is 0.320. The van der Waals surface area contributed by atoms with E-state index in [4.69, 9.17) is 4.74 Å². The van der Waals surface area contributed by atoms with Crippen molar-refractivity contribution >= 4 is 56.3 Å². The average molecular weight is 469 g/mol. The van der Waals surface area contributed by atoms with Crippen LogP contribution >= 0.6 is 11.8 Å². The predicted molar refractivity (Wildman–Crippen MR) is 141 cm³/mol. The fraction of sp³-hybridized carbons (Fsp3) is 0.143. The van der Waals surface area contributed by atoms with Gasteiger partial charge in [-0.3, -0.25) is 0 Å². The van der Waals surface area contributed by atoms with Crippen LogP contribution in [0.15, 0.2) is 94.0 Å². The highest BCUT2D eigenvalue weighted by Gasteiger charge is 2.33. The highest BCUT2D eigenvalue weighted by molar-refractivity contribution is 8.18. The number of nitrogens with zero attached hydrogens (tertiary/aromatic N) is 2. The lowest BCUT2D eigenvalue weighted by Gasteiger charge is -2.03. The van der Waals surface area contributed by atoms with E-state index in [0.717, 1.165) is 17.5 Å². The lowest BCUT2D eigenvalue weighted by Crippen LogP contribution is -2.12. The lowest BCUT2D eigenvalue weighted by atomic mass is 10.1. The van der Waals surface area contributed by atoms with Crippen LogP contribution in [-0.4, -0.2) is 27.3 Å². The first-order valence-corrected chi connectivity index (χ1v) is 12.1. The van der Waals surface area contributed by atoms with Crippen LogP contribution in [0.2, 0.25) is 0 Å². The Bertz CT molecular complexity index is 1500. The van der Waals surface area contributed by atoms with E-state index in [1.807, 2.05) is 48.5 Å². The number of thioether (sulfide) groups is 1. The number of aliphatic hydroxyl groups is 1. The smallest absolute Gasteiger partial charge is 0.344 e. The molecule has 5 rings (SSSR count). The topological polar surface area (TPSA) is 63.8 Å². The molecular formula is C28H24N2O3S. The summed E-state index contributed by atoms with van der Waals surface area (Å²) in [6.07, 6.45) is 1.89. The lowest BCUT2D eigenvalue weighted by molar-refractivity contribution is -0.138. The van der Waals surface area contributed by atoms with Crippen LogP contribution in [0.5, 0.6) is 0 Å². The largest absolute Gasteiger partial charge is 0.506 e. The van der Waals surface area contributed by atoms with Crippen molar-refractivity contribution in [3.8, 4) is 0 Å². The Balaban J connectivity index is 1.61. The fourth-order valence-corrected chi connectivity index (χ4v) is 5.30. The van der Waals surface area contributed by atoms with Gasteiger partial charge in [0.2, 0.25) is 0 Å². The first-order chi connectivity index (χ1) is 16.6. The zero-order valence-electron chi connectivity index (χ0n) is 19.0. The van der Waals surface area contributed by atoms with Crippen molar-refractivity contribution in [3.05, 3.63) is 94.6 Å². The summed E-state index contributed by atoms with van der Waals surface area (Å²) in [5, 5.41) is 13.8. The zero-order chi connectivity index (χ0) is 23.7. The Morgan fingerprint density at radius 2 is 1.74 bits per heavy atom. The number of benzene rings is 3. The summed E-state index contributed by atoms with van der Waals surface area (Å²) in [6.45, 7) is 4.98. The average Bonchev–Trinajstić information content (AvgIpc) is 3.33. The number of carbonyl (C=O) groups is 1. The van der Waals surface area contributed by atoms with E-state index in [1.54, 1.807) is 6.92 Å². The van der Waals surface area contributed by atoms with Crippen molar-refractivity contribution in [2.75, 3.05) is 6.61 Å². The molecule has 1 aliphatic rings. The number of ether oxygens (including phenoxy) is 1. The number of aryl methyl sites for hydroxylation is 1. The number of para-hydroxylation sites is 2. The number of hydrogen-bond acceptors (Lipinski definition) is 5. The number of rotatable bonds is 5. The van der Waals surface area contributed by atoms with Gasteiger partial charge in [0.15, 0.2) is 0 Å². The summed E-state index contributed by atoms with van der Waals surface area (Å²) in [5.74, 6) is -0.679. The third-order valence-corrected chi connectivity index (χ3v) is 6.79. The Morgan fingerprint density at radius 3 is 2.50 bits per heavy atom. The zero-order valence-corrected chi connectivity index (χ0v) is 19.8. The molecule has 6 heteroatoms. The molecule has 0 unspecified atom stereocenters. The van der Waals surface area contributed by atoms with E-state index in [0.29, 0.717) is 15.6 Å². The summed E-state index contributed by atoms with van der Waals surface area (Å²) in [7, 11) is 0. The number of aromatic nitrogens is 1. The molecule has 0 bridgehead atoms. The number of aliphatic hydroxyl groups excluding tert-OH is 1. The van der Waals surface area contributed by atoms with Gasteiger partial charge in [-0.25, -0.2) is 9.79 Å². The standard InChI is InChI=1S/C28H24N2O3S/c1-3-30-22-13-9-8-12-20(22)21-16-18(14-15-23(21)30)17-24-26(31)25(28(32)33-4-2)27(34-24)29-19-10-6-5-7-11-19/h5-17,31H,3-4H2,1-2H3. The van der Waals surface area contributed by atoms with Gasteiger partial charge in [0, 0.05) is 28.4 Å². The van der Waals surface area contributed by atoms with Gasteiger partial charge in [0.05, 0.1) is 17.2 Å². The Morgan fingerprint density at radius 1 is 1.00 bits per heavy atom. The highest BCUT2D eigenvalue weighted by Crippen LogP contribution is 2.40. The van der Waals surface area contributed by atoms with Crippen molar-refractivity contribution in [2.24, 2.45) is 4.99 Å². The molecule has 3 aromatic carbocycles. The SMILES string of the molecule is CCOC(=O)C1=C(O)C(=Cc2ccc3c(c2)c2ccccc2n3CC)SC1=Nc1ccccc1. The molecule has 0 fully saturated rings. The van der Waals surface area contributed by atoms with E-state index in [1.165, 1.54) is 28.2 Å². The molecule has 5 nitrogen and oxygen atoms in total. The normalized spacial score (nSPS) is 16.3. The maximum absolute atomic E-state index is 12.6. The third-order valence-electron chi connectivity index (χ3n) is 5.77. The molecule has 0 spiro atoms. The van der Waals surface area contributed by atoms with Crippen molar-refractivity contribution in [2.45, 2.75) is 20.4 Å². The van der Waals surface area contributed by atoms with Crippen LogP contribution in [0.25, 0.3) is 27.9 Å². The molecule has 4 aromatic rings. The number of fused-ring (bicyclic) bond motifs is 3. The molecule has 1 aliphatic heterocycles. The second kappa shape index (κ2) is 9.23. The van der Waals surface area contributed by atoms with E-state index in [9.17, 15) is 9.90 Å². The number of carbonyl (C=O) groups excluding carboxylic acids is 1. The van der Waals surface area contributed by atoms with Crippen LogP contribution in [0.4, 0.5) is 5.69 Å². The van der Waals surface area contributed by atoms with Gasteiger partial charge in [0.1, 0.15) is 16.4 Å². The van der Waals surface area contributed by atoms with Crippen molar-refractivity contribution in [1.82, 2.24) is 4.57 Å². The van der Waals surface area contributed by atoms with E-state index in [-0.39, 0.29) is 17.9 Å². The first-order valence-electron chi connectivity index (χ1n) is 11.3. The van der Waals surface area contributed by atoms with Crippen LogP contribution in [0.3, 0.4) is 0 Å². The first kappa shape index (κ1) is 22.0. The van der Waals surface area contributed by atoms with Gasteiger partial charge >= 0.3 is 5.97 Å². The molecule has 34 heavy (non-hydrogen) atoms. The summed E-state index contributed by atoms with van der Waals surface area (Å²) < 4.78 is 7.50. The molecule has 0 saturated heterocycles. The minimum atomic E-state index is -0.577. The Hall–Kier alpha value is -3.77.